The highest BCUT2D eigenvalue weighted by Gasteiger charge is 2.24. The second-order valence-electron chi connectivity index (χ2n) is 7.68. The third-order valence-electron chi connectivity index (χ3n) is 2.27. The minimum absolute atomic E-state index is 0.00685. The Labute approximate surface area is 144 Å². The van der Waals surface area contributed by atoms with E-state index in [9.17, 15) is 4.79 Å². The standard InChI is InChI=1S/C17H29N5O2/c1-12(19)9-14(20-13(2)10-18)22(11-16(3,4)5)21-15(23)24-17(6,7)8/h9H,2,11,19H2,1,3-8H3,(H,21,23)/b12-9-,20-14?. The molecule has 0 heterocycles. The largest absolute Gasteiger partial charge is 0.443 e. The Balaban J connectivity index is 5.68. The van der Waals surface area contributed by atoms with Crippen molar-refractivity contribution in [2.75, 3.05) is 6.54 Å². The molecule has 0 aliphatic carbocycles. The van der Waals surface area contributed by atoms with Crippen LogP contribution in [0.5, 0.6) is 0 Å². The number of carbonyl (C=O) groups excluding carboxylic acids is 1. The van der Waals surface area contributed by atoms with E-state index >= 15 is 0 Å². The first kappa shape index (κ1) is 21.5. The SMILES string of the molecule is C=C(C#N)N=C(/C=C(/C)N)N(CC(C)(C)C)NC(=O)OC(C)(C)C. The molecule has 0 radical (unpaired) electrons. The summed E-state index contributed by atoms with van der Waals surface area (Å²) in [6.07, 6.45) is 0.941. The van der Waals surface area contributed by atoms with E-state index in [1.54, 1.807) is 33.8 Å². The highest BCUT2D eigenvalue weighted by atomic mass is 16.6. The molecule has 0 aromatic carbocycles. The molecule has 0 rings (SSSR count). The third kappa shape index (κ3) is 10.3. The zero-order chi connectivity index (χ0) is 19.1. The minimum atomic E-state index is -0.634. The molecule has 0 aliphatic rings. The normalized spacial score (nSPS) is 13.1. The van der Waals surface area contributed by atoms with E-state index in [4.69, 9.17) is 15.7 Å². The van der Waals surface area contributed by atoms with Gasteiger partial charge in [0.15, 0.2) is 0 Å². The topological polar surface area (TPSA) is 104 Å². The molecule has 0 aromatic rings. The Bertz CT molecular complexity index is 567. The van der Waals surface area contributed by atoms with Crippen LogP contribution in [0.3, 0.4) is 0 Å². The van der Waals surface area contributed by atoms with Crippen molar-refractivity contribution in [2.24, 2.45) is 16.1 Å². The Hall–Kier alpha value is -2.49. The Morgan fingerprint density at radius 2 is 1.92 bits per heavy atom. The van der Waals surface area contributed by atoms with Crippen LogP contribution in [0.15, 0.2) is 29.0 Å². The number of nitriles is 1. The zero-order valence-corrected chi connectivity index (χ0v) is 15.7. The van der Waals surface area contributed by atoms with Crippen molar-refractivity contribution in [1.82, 2.24) is 10.4 Å². The average molecular weight is 335 g/mol. The van der Waals surface area contributed by atoms with Crippen LogP contribution in [-0.4, -0.2) is 29.1 Å². The first-order chi connectivity index (χ1) is 10.7. The number of amidine groups is 1. The van der Waals surface area contributed by atoms with Gasteiger partial charge < -0.3 is 10.5 Å². The van der Waals surface area contributed by atoms with Crippen LogP contribution in [0.1, 0.15) is 48.5 Å². The molecule has 0 saturated carbocycles. The van der Waals surface area contributed by atoms with Gasteiger partial charge in [-0.25, -0.2) is 15.2 Å². The number of amides is 1. The molecule has 0 atom stereocenters. The first-order valence-corrected chi connectivity index (χ1v) is 7.62. The van der Waals surface area contributed by atoms with E-state index in [1.807, 2.05) is 26.8 Å². The predicted octanol–water partition coefficient (Wildman–Crippen LogP) is 3.07. The lowest BCUT2D eigenvalue weighted by molar-refractivity contribution is 0.0391. The summed E-state index contributed by atoms with van der Waals surface area (Å²) >= 11 is 0. The summed E-state index contributed by atoms with van der Waals surface area (Å²) in [7, 11) is 0. The predicted molar refractivity (Wildman–Crippen MR) is 95.7 cm³/mol. The fraction of sp³-hybridized carbons (Fsp3) is 0.588. The number of nitrogens with two attached hydrogens (primary N) is 1. The number of hydrazine groups is 1. The second kappa shape index (κ2) is 8.39. The molecule has 0 aliphatic heterocycles. The fourth-order valence-corrected chi connectivity index (χ4v) is 1.60. The van der Waals surface area contributed by atoms with Crippen molar-refractivity contribution >= 4 is 11.9 Å². The van der Waals surface area contributed by atoms with E-state index in [-0.39, 0.29) is 11.1 Å². The van der Waals surface area contributed by atoms with E-state index < -0.39 is 11.7 Å². The number of aliphatic imine (C=N–C) groups is 1. The van der Waals surface area contributed by atoms with Gasteiger partial charge in [0, 0.05) is 18.3 Å². The Kier molecular flexibility index (Phi) is 7.52. The summed E-state index contributed by atoms with van der Waals surface area (Å²) in [5, 5.41) is 10.4. The fourth-order valence-electron chi connectivity index (χ4n) is 1.60. The monoisotopic (exact) mass is 335 g/mol. The number of carbonyl (C=O) groups is 1. The Morgan fingerprint density at radius 3 is 2.29 bits per heavy atom. The molecule has 0 saturated heterocycles. The molecule has 0 aromatic heterocycles. The number of hydrogen-bond donors (Lipinski definition) is 2. The van der Waals surface area contributed by atoms with Gasteiger partial charge in [-0.1, -0.05) is 27.4 Å². The van der Waals surface area contributed by atoms with Crippen molar-refractivity contribution in [3.05, 3.63) is 24.0 Å². The summed E-state index contributed by atoms with van der Waals surface area (Å²) in [5.74, 6) is 0.308. The van der Waals surface area contributed by atoms with Gasteiger partial charge in [-0.2, -0.15) is 5.26 Å². The first-order valence-electron chi connectivity index (χ1n) is 7.62. The number of rotatable bonds is 3. The number of nitrogens with one attached hydrogen (secondary N) is 1. The van der Waals surface area contributed by atoms with Gasteiger partial charge >= 0.3 is 6.09 Å². The van der Waals surface area contributed by atoms with E-state index in [2.05, 4.69) is 17.0 Å². The molecule has 7 heteroatoms. The van der Waals surface area contributed by atoms with Crippen molar-refractivity contribution in [1.29, 1.82) is 5.26 Å². The maximum atomic E-state index is 12.1. The van der Waals surface area contributed by atoms with E-state index in [1.165, 1.54) is 5.01 Å². The van der Waals surface area contributed by atoms with Crippen molar-refractivity contribution in [3.63, 3.8) is 0 Å². The maximum absolute atomic E-state index is 12.1. The van der Waals surface area contributed by atoms with Crippen LogP contribution in [0.2, 0.25) is 0 Å². The molecule has 24 heavy (non-hydrogen) atoms. The second-order valence-corrected chi connectivity index (χ2v) is 7.68. The molecule has 0 unspecified atom stereocenters. The van der Waals surface area contributed by atoms with Gasteiger partial charge in [-0.05, 0) is 33.1 Å². The van der Waals surface area contributed by atoms with Crippen molar-refractivity contribution in [2.45, 2.75) is 54.1 Å². The van der Waals surface area contributed by atoms with Crippen LogP contribution >= 0.6 is 0 Å². The van der Waals surface area contributed by atoms with Gasteiger partial charge in [-0.3, -0.25) is 5.01 Å². The van der Waals surface area contributed by atoms with Crippen molar-refractivity contribution in [3.8, 4) is 6.07 Å². The lowest BCUT2D eigenvalue weighted by Gasteiger charge is -2.32. The van der Waals surface area contributed by atoms with Crippen LogP contribution < -0.4 is 11.2 Å². The molecular formula is C17H29N5O2. The molecule has 1 amide bonds. The zero-order valence-electron chi connectivity index (χ0n) is 15.7. The highest BCUT2D eigenvalue weighted by Crippen LogP contribution is 2.16. The number of nitrogens with zero attached hydrogens (tertiary/aromatic N) is 3. The number of hydrogen-bond acceptors (Lipinski definition) is 5. The lowest BCUT2D eigenvalue weighted by atomic mass is 9.96. The van der Waals surface area contributed by atoms with Gasteiger partial charge in [0.25, 0.3) is 0 Å². The molecule has 7 nitrogen and oxygen atoms in total. The summed E-state index contributed by atoms with van der Waals surface area (Å²) < 4.78 is 5.28. The van der Waals surface area contributed by atoms with Crippen LogP contribution in [0.25, 0.3) is 0 Å². The number of allylic oxidation sites excluding steroid dienone is 2. The summed E-state index contributed by atoms with van der Waals surface area (Å²) in [6.45, 7) is 17.0. The molecule has 3 N–H and O–H groups in total. The quantitative estimate of drug-likeness (QED) is 0.357. The average Bonchev–Trinajstić information content (AvgIpc) is 2.32. The van der Waals surface area contributed by atoms with Gasteiger partial charge in [0.05, 0.1) is 0 Å². The summed E-state index contributed by atoms with van der Waals surface area (Å²) in [4.78, 5) is 16.3. The van der Waals surface area contributed by atoms with Gasteiger partial charge in [0.1, 0.15) is 23.2 Å². The molecular weight excluding hydrogens is 306 g/mol. The Morgan fingerprint density at radius 1 is 1.38 bits per heavy atom. The van der Waals surface area contributed by atoms with E-state index in [0.29, 0.717) is 18.1 Å². The molecule has 0 spiro atoms. The molecule has 0 fully saturated rings. The van der Waals surface area contributed by atoms with E-state index in [0.717, 1.165) is 0 Å². The molecule has 134 valence electrons. The molecule has 0 bridgehead atoms. The highest BCUT2D eigenvalue weighted by molar-refractivity contribution is 5.95. The van der Waals surface area contributed by atoms with Gasteiger partial charge in [0.2, 0.25) is 0 Å². The van der Waals surface area contributed by atoms with Crippen LogP contribution in [0, 0.1) is 16.7 Å². The smallest absolute Gasteiger partial charge is 0.426 e. The van der Waals surface area contributed by atoms with Crippen molar-refractivity contribution < 1.29 is 9.53 Å². The summed E-state index contributed by atoms with van der Waals surface area (Å²) in [6, 6.07) is 1.86. The minimum Gasteiger partial charge on any atom is -0.443 e. The van der Waals surface area contributed by atoms with Crippen LogP contribution in [-0.2, 0) is 4.74 Å². The van der Waals surface area contributed by atoms with Crippen LogP contribution in [0.4, 0.5) is 4.79 Å². The lowest BCUT2D eigenvalue weighted by Crippen LogP contribution is -2.50. The number of ether oxygens (including phenoxy) is 1. The van der Waals surface area contributed by atoms with Gasteiger partial charge in [-0.15, -0.1) is 0 Å². The third-order valence-corrected chi connectivity index (χ3v) is 2.27. The maximum Gasteiger partial charge on any atom is 0.426 e. The summed E-state index contributed by atoms with van der Waals surface area (Å²) in [5.41, 5.74) is 8.08.